The van der Waals surface area contributed by atoms with Crippen molar-refractivity contribution in [2.75, 3.05) is 6.54 Å². The molecule has 0 saturated heterocycles. The van der Waals surface area contributed by atoms with Gasteiger partial charge in [0.2, 0.25) is 0 Å². The van der Waals surface area contributed by atoms with Gasteiger partial charge in [-0.05, 0) is 6.92 Å². The van der Waals surface area contributed by atoms with E-state index in [-0.39, 0.29) is 0 Å². The van der Waals surface area contributed by atoms with Crippen LogP contribution in [0.4, 0.5) is 0 Å². The summed E-state index contributed by atoms with van der Waals surface area (Å²) >= 11 is 0. The Hall–Kier alpha value is -0.870. The summed E-state index contributed by atoms with van der Waals surface area (Å²) in [7, 11) is 1.96. The van der Waals surface area contributed by atoms with E-state index >= 15 is 0 Å². The fourth-order valence-electron chi connectivity index (χ4n) is 0.920. The Labute approximate surface area is 72.8 Å². The average Bonchev–Trinajstić information content (AvgIpc) is 2.47. The first-order valence-corrected chi connectivity index (χ1v) is 4.12. The molecular formula is C8H16N4. The second kappa shape index (κ2) is 4.23. The number of aromatic nitrogens is 2. The summed E-state index contributed by atoms with van der Waals surface area (Å²) in [6.45, 7) is 3.51. The molecule has 1 unspecified atom stereocenters. The third kappa shape index (κ3) is 2.64. The van der Waals surface area contributed by atoms with E-state index in [9.17, 15) is 0 Å². The van der Waals surface area contributed by atoms with Crippen LogP contribution >= 0.6 is 0 Å². The van der Waals surface area contributed by atoms with Crippen molar-refractivity contribution in [1.29, 1.82) is 0 Å². The van der Waals surface area contributed by atoms with Crippen LogP contribution in [0.2, 0.25) is 0 Å². The molecule has 4 nitrogen and oxygen atoms in total. The first-order chi connectivity index (χ1) is 5.72. The van der Waals surface area contributed by atoms with Gasteiger partial charge in [0.05, 0.1) is 12.0 Å². The molecule has 1 rings (SSSR count). The van der Waals surface area contributed by atoms with E-state index in [0.717, 1.165) is 12.2 Å². The highest BCUT2D eigenvalue weighted by molar-refractivity contribution is 4.95. The fraction of sp³-hybridized carbons (Fsp3) is 0.625. The Morgan fingerprint density at radius 3 is 3.00 bits per heavy atom. The molecule has 1 atom stereocenters. The molecule has 68 valence electrons. The van der Waals surface area contributed by atoms with Crippen molar-refractivity contribution in [3.05, 3.63) is 18.2 Å². The minimum atomic E-state index is 0.354. The van der Waals surface area contributed by atoms with Gasteiger partial charge in [-0.25, -0.2) is 4.98 Å². The molecule has 3 N–H and O–H groups in total. The van der Waals surface area contributed by atoms with Crippen molar-refractivity contribution in [3.63, 3.8) is 0 Å². The molecule has 1 aromatic rings. The topological polar surface area (TPSA) is 55.9 Å². The van der Waals surface area contributed by atoms with Crippen LogP contribution in [0.15, 0.2) is 12.5 Å². The molecule has 0 aliphatic heterocycles. The molecule has 0 aliphatic carbocycles. The maximum Gasteiger partial charge on any atom is 0.0947 e. The summed E-state index contributed by atoms with van der Waals surface area (Å²) in [5, 5.41) is 3.26. The van der Waals surface area contributed by atoms with Crippen LogP contribution in [0.3, 0.4) is 0 Å². The molecule has 0 saturated carbocycles. The highest BCUT2D eigenvalue weighted by Gasteiger charge is 1.99. The lowest BCUT2D eigenvalue weighted by Crippen LogP contribution is -2.32. The molecule has 0 spiro atoms. The molecule has 0 amide bonds. The first kappa shape index (κ1) is 9.22. The molecule has 4 heteroatoms. The maximum absolute atomic E-state index is 5.45. The summed E-state index contributed by atoms with van der Waals surface area (Å²) in [6, 6.07) is 0.354. The van der Waals surface area contributed by atoms with Crippen molar-refractivity contribution in [2.45, 2.75) is 19.5 Å². The van der Waals surface area contributed by atoms with E-state index in [1.54, 1.807) is 6.33 Å². The number of aryl methyl sites for hydroxylation is 1. The molecular weight excluding hydrogens is 152 g/mol. The van der Waals surface area contributed by atoms with Gasteiger partial charge in [-0.1, -0.05) is 0 Å². The molecule has 1 heterocycles. The second-order valence-corrected chi connectivity index (χ2v) is 3.05. The van der Waals surface area contributed by atoms with Crippen molar-refractivity contribution in [3.8, 4) is 0 Å². The lowest BCUT2D eigenvalue weighted by atomic mass is 10.3. The Morgan fingerprint density at radius 1 is 1.75 bits per heavy atom. The van der Waals surface area contributed by atoms with Gasteiger partial charge in [0.25, 0.3) is 0 Å². The van der Waals surface area contributed by atoms with Crippen molar-refractivity contribution >= 4 is 0 Å². The van der Waals surface area contributed by atoms with Crippen LogP contribution in [0.5, 0.6) is 0 Å². The largest absolute Gasteiger partial charge is 0.340 e. The third-order valence-electron chi connectivity index (χ3n) is 1.74. The van der Waals surface area contributed by atoms with E-state index in [4.69, 9.17) is 5.73 Å². The van der Waals surface area contributed by atoms with Gasteiger partial charge in [0.15, 0.2) is 0 Å². The lowest BCUT2D eigenvalue weighted by molar-refractivity contribution is 0.551. The zero-order valence-electron chi connectivity index (χ0n) is 7.62. The van der Waals surface area contributed by atoms with E-state index in [2.05, 4.69) is 17.2 Å². The zero-order chi connectivity index (χ0) is 8.97. The monoisotopic (exact) mass is 168 g/mol. The summed E-state index contributed by atoms with van der Waals surface area (Å²) < 4.78 is 1.93. The molecule has 0 aromatic carbocycles. The predicted molar refractivity (Wildman–Crippen MR) is 48.6 cm³/mol. The number of imidazole rings is 1. The van der Waals surface area contributed by atoms with Gasteiger partial charge in [-0.3, -0.25) is 0 Å². The van der Waals surface area contributed by atoms with Crippen molar-refractivity contribution in [2.24, 2.45) is 12.8 Å². The van der Waals surface area contributed by atoms with Gasteiger partial charge in [-0.2, -0.15) is 0 Å². The van der Waals surface area contributed by atoms with Gasteiger partial charge < -0.3 is 15.6 Å². The van der Waals surface area contributed by atoms with E-state index in [1.165, 1.54) is 0 Å². The maximum atomic E-state index is 5.45. The van der Waals surface area contributed by atoms with Crippen LogP contribution in [0.1, 0.15) is 12.6 Å². The Morgan fingerprint density at radius 2 is 2.50 bits per heavy atom. The van der Waals surface area contributed by atoms with E-state index < -0.39 is 0 Å². The summed E-state index contributed by atoms with van der Waals surface area (Å²) in [5.41, 5.74) is 6.51. The number of nitrogens with two attached hydrogens (primary N) is 1. The van der Waals surface area contributed by atoms with Crippen LogP contribution in [0, 0.1) is 0 Å². The first-order valence-electron chi connectivity index (χ1n) is 4.12. The Kier molecular flexibility index (Phi) is 3.25. The molecule has 12 heavy (non-hydrogen) atoms. The van der Waals surface area contributed by atoms with Crippen LogP contribution in [0.25, 0.3) is 0 Å². The number of hydrogen-bond acceptors (Lipinski definition) is 3. The highest BCUT2D eigenvalue weighted by Crippen LogP contribution is 1.93. The lowest BCUT2D eigenvalue weighted by Gasteiger charge is -2.08. The minimum absolute atomic E-state index is 0.354. The van der Waals surface area contributed by atoms with Crippen LogP contribution < -0.4 is 11.1 Å². The van der Waals surface area contributed by atoms with E-state index in [0.29, 0.717) is 12.6 Å². The van der Waals surface area contributed by atoms with Crippen LogP contribution in [-0.4, -0.2) is 22.1 Å². The Bertz CT molecular complexity index is 231. The number of nitrogens with zero attached hydrogens (tertiary/aromatic N) is 2. The van der Waals surface area contributed by atoms with E-state index in [1.807, 2.05) is 17.8 Å². The average molecular weight is 168 g/mol. The molecule has 1 aromatic heterocycles. The second-order valence-electron chi connectivity index (χ2n) is 3.05. The fourth-order valence-corrected chi connectivity index (χ4v) is 0.920. The van der Waals surface area contributed by atoms with Crippen molar-refractivity contribution < 1.29 is 0 Å². The predicted octanol–water partition coefficient (Wildman–Crippen LogP) is -0.143. The third-order valence-corrected chi connectivity index (χ3v) is 1.74. The van der Waals surface area contributed by atoms with Gasteiger partial charge in [0.1, 0.15) is 0 Å². The number of rotatable bonds is 4. The number of nitrogens with one attached hydrogen (secondary N) is 1. The molecule has 0 aliphatic rings. The smallest absolute Gasteiger partial charge is 0.0947 e. The zero-order valence-corrected chi connectivity index (χ0v) is 7.62. The standard InChI is InChI=1S/C8H16N4/c1-7(3-9)10-4-8-5-12(2)6-11-8/h5-7,10H,3-4,9H2,1-2H3. The van der Waals surface area contributed by atoms with Gasteiger partial charge in [0, 0.05) is 32.4 Å². The minimum Gasteiger partial charge on any atom is -0.340 e. The van der Waals surface area contributed by atoms with Gasteiger partial charge >= 0.3 is 0 Å². The summed E-state index contributed by atoms with van der Waals surface area (Å²) in [4.78, 5) is 4.18. The normalized spacial score (nSPS) is 13.2. The highest BCUT2D eigenvalue weighted by atomic mass is 15.0. The molecule has 0 radical (unpaired) electrons. The van der Waals surface area contributed by atoms with Crippen molar-refractivity contribution in [1.82, 2.24) is 14.9 Å². The molecule has 0 fully saturated rings. The SMILES string of the molecule is CC(CN)NCc1cn(C)cn1. The van der Waals surface area contributed by atoms with Gasteiger partial charge in [-0.15, -0.1) is 0 Å². The molecule has 0 bridgehead atoms. The summed E-state index contributed by atoms with van der Waals surface area (Å²) in [5.74, 6) is 0. The number of hydrogen-bond donors (Lipinski definition) is 2. The summed E-state index contributed by atoms with van der Waals surface area (Å²) in [6.07, 6.45) is 3.79. The quantitative estimate of drug-likeness (QED) is 0.657. The Balaban J connectivity index is 2.33. The van der Waals surface area contributed by atoms with Crippen LogP contribution in [-0.2, 0) is 13.6 Å².